The first-order valence-corrected chi connectivity index (χ1v) is 6.71. The number of hydrogen-bond donors (Lipinski definition) is 1. The molecule has 6 heteroatoms. The number of aromatic nitrogens is 1. The summed E-state index contributed by atoms with van der Waals surface area (Å²) in [5.41, 5.74) is -0.210. The number of nitrogens with zero attached hydrogens (tertiary/aromatic N) is 1. The highest BCUT2D eigenvalue weighted by molar-refractivity contribution is 5.83. The smallest absolute Gasteiger partial charge is 0.330 e. The van der Waals surface area contributed by atoms with E-state index in [9.17, 15) is 14.4 Å². The predicted molar refractivity (Wildman–Crippen MR) is 82.4 cm³/mol. The van der Waals surface area contributed by atoms with E-state index in [-0.39, 0.29) is 24.6 Å². The van der Waals surface area contributed by atoms with Gasteiger partial charge in [0.2, 0.25) is 5.91 Å². The molecule has 0 unspecified atom stereocenters. The molecular formula is C16H16N2O4. The number of ether oxygens (including phenoxy) is 1. The van der Waals surface area contributed by atoms with Crippen molar-refractivity contribution in [2.24, 2.45) is 0 Å². The van der Waals surface area contributed by atoms with E-state index in [4.69, 9.17) is 0 Å². The first-order chi connectivity index (χ1) is 10.6. The van der Waals surface area contributed by atoms with Crippen LogP contribution in [0.5, 0.6) is 0 Å². The Balaban J connectivity index is 2.00. The maximum absolute atomic E-state index is 12.2. The normalized spacial score (nSPS) is 10.8. The van der Waals surface area contributed by atoms with Crippen LogP contribution in [-0.2, 0) is 20.9 Å². The Morgan fingerprint density at radius 1 is 1.27 bits per heavy atom. The van der Waals surface area contributed by atoms with Crippen LogP contribution in [0.25, 0.3) is 10.8 Å². The van der Waals surface area contributed by atoms with E-state index in [0.29, 0.717) is 5.39 Å². The van der Waals surface area contributed by atoms with Crippen molar-refractivity contribution in [3.8, 4) is 0 Å². The molecule has 1 N–H and O–H groups in total. The lowest BCUT2D eigenvalue weighted by molar-refractivity contribution is -0.134. The molecule has 0 aliphatic carbocycles. The second-order valence-electron chi connectivity index (χ2n) is 4.57. The van der Waals surface area contributed by atoms with Crippen molar-refractivity contribution in [2.45, 2.75) is 6.54 Å². The number of benzene rings is 1. The monoisotopic (exact) mass is 300 g/mol. The number of fused-ring (bicyclic) bond motifs is 1. The van der Waals surface area contributed by atoms with E-state index in [1.54, 1.807) is 24.4 Å². The topological polar surface area (TPSA) is 77.4 Å². The Kier molecular flexibility index (Phi) is 5.08. The molecule has 2 rings (SSSR count). The second kappa shape index (κ2) is 7.21. The highest BCUT2D eigenvalue weighted by Crippen LogP contribution is 2.07. The molecule has 1 amide bonds. The van der Waals surface area contributed by atoms with Crippen molar-refractivity contribution in [2.75, 3.05) is 13.7 Å². The molecule has 0 fully saturated rings. The molecule has 0 aliphatic heterocycles. The third-order valence-electron chi connectivity index (χ3n) is 3.07. The lowest BCUT2D eigenvalue weighted by atomic mass is 10.2. The van der Waals surface area contributed by atoms with Crippen LogP contribution in [0.1, 0.15) is 0 Å². The van der Waals surface area contributed by atoms with Crippen molar-refractivity contribution in [3.63, 3.8) is 0 Å². The van der Waals surface area contributed by atoms with Crippen molar-refractivity contribution >= 4 is 22.6 Å². The van der Waals surface area contributed by atoms with Gasteiger partial charge in [-0.3, -0.25) is 9.59 Å². The number of pyridine rings is 1. The van der Waals surface area contributed by atoms with Gasteiger partial charge < -0.3 is 14.6 Å². The molecule has 1 aromatic heterocycles. The summed E-state index contributed by atoms with van der Waals surface area (Å²) in [6.45, 7) is 0.117. The molecule has 1 aromatic carbocycles. The maximum Gasteiger partial charge on any atom is 0.330 e. The summed E-state index contributed by atoms with van der Waals surface area (Å²) in [5.74, 6) is -0.799. The van der Waals surface area contributed by atoms with E-state index < -0.39 is 5.97 Å². The number of methoxy groups -OCH3 is 1. The molecule has 0 radical (unpaired) electrons. The molecule has 2 aromatic rings. The fourth-order valence-corrected chi connectivity index (χ4v) is 1.96. The number of carbonyl (C=O) groups is 2. The molecular weight excluding hydrogens is 284 g/mol. The Labute approximate surface area is 127 Å². The summed E-state index contributed by atoms with van der Waals surface area (Å²) in [6, 6.07) is 9.00. The van der Waals surface area contributed by atoms with E-state index in [1.165, 1.54) is 23.8 Å². The summed E-state index contributed by atoms with van der Waals surface area (Å²) in [7, 11) is 1.28. The van der Waals surface area contributed by atoms with Gasteiger partial charge in [-0.1, -0.05) is 24.3 Å². The molecule has 0 saturated heterocycles. The second-order valence-corrected chi connectivity index (χ2v) is 4.57. The summed E-state index contributed by atoms with van der Waals surface area (Å²) in [5, 5.41) is 4.00. The van der Waals surface area contributed by atoms with Gasteiger partial charge in [-0.15, -0.1) is 0 Å². The van der Waals surface area contributed by atoms with Crippen molar-refractivity contribution in [3.05, 3.63) is 59.0 Å². The molecule has 1 heterocycles. The maximum atomic E-state index is 12.2. The quantitative estimate of drug-likeness (QED) is 0.656. The lowest BCUT2D eigenvalue weighted by Gasteiger charge is -2.07. The fourth-order valence-electron chi connectivity index (χ4n) is 1.96. The van der Waals surface area contributed by atoms with Gasteiger partial charge in [0.05, 0.1) is 7.11 Å². The summed E-state index contributed by atoms with van der Waals surface area (Å²) < 4.78 is 5.77. The molecule has 0 spiro atoms. The highest BCUT2D eigenvalue weighted by atomic mass is 16.5. The number of amides is 1. The Morgan fingerprint density at radius 2 is 2.05 bits per heavy atom. The Hall–Kier alpha value is -2.89. The lowest BCUT2D eigenvalue weighted by Crippen LogP contribution is -2.32. The van der Waals surface area contributed by atoms with Crippen LogP contribution < -0.4 is 10.9 Å². The first-order valence-electron chi connectivity index (χ1n) is 6.71. The van der Waals surface area contributed by atoms with E-state index in [0.717, 1.165) is 5.39 Å². The van der Waals surface area contributed by atoms with Crippen LogP contribution in [0, 0.1) is 0 Å². The zero-order valence-electron chi connectivity index (χ0n) is 12.1. The molecule has 114 valence electrons. The van der Waals surface area contributed by atoms with Gasteiger partial charge in [-0.2, -0.15) is 0 Å². The van der Waals surface area contributed by atoms with Crippen molar-refractivity contribution < 1.29 is 14.3 Å². The third-order valence-corrected chi connectivity index (χ3v) is 3.07. The van der Waals surface area contributed by atoms with Crippen LogP contribution in [0.4, 0.5) is 0 Å². The largest absolute Gasteiger partial charge is 0.466 e. The summed E-state index contributed by atoms with van der Waals surface area (Å²) in [4.78, 5) is 34.9. The van der Waals surface area contributed by atoms with Gasteiger partial charge in [0, 0.05) is 24.2 Å². The first kappa shape index (κ1) is 15.5. The average molecular weight is 300 g/mol. The van der Waals surface area contributed by atoms with Crippen LogP contribution in [-0.4, -0.2) is 30.1 Å². The SMILES string of the molecule is COC(=O)/C=C/CNC(=O)Cn1ccc2ccccc2c1=O. The predicted octanol–water partition coefficient (Wildman–Crippen LogP) is 0.847. The van der Waals surface area contributed by atoms with E-state index in [1.807, 2.05) is 12.1 Å². The van der Waals surface area contributed by atoms with Crippen LogP contribution in [0.3, 0.4) is 0 Å². The van der Waals surface area contributed by atoms with Gasteiger partial charge in [-0.25, -0.2) is 4.79 Å². The molecule has 0 saturated carbocycles. The van der Waals surface area contributed by atoms with Gasteiger partial charge in [0.15, 0.2) is 0 Å². The number of esters is 1. The van der Waals surface area contributed by atoms with Gasteiger partial charge in [0.25, 0.3) is 5.56 Å². The van der Waals surface area contributed by atoms with Crippen molar-refractivity contribution in [1.29, 1.82) is 0 Å². The van der Waals surface area contributed by atoms with E-state index >= 15 is 0 Å². The molecule has 0 bridgehead atoms. The number of rotatable bonds is 5. The van der Waals surface area contributed by atoms with Crippen molar-refractivity contribution in [1.82, 2.24) is 9.88 Å². The minimum atomic E-state index is -0.486. The Morgan fingerprint density at radius 3 is 2.82 bits per heavy atom. The van der Waals surface area contributed by atoms with Gasteiger partial charge in [0.1, 0.15) is 6.54 Å². The van der Waals surface area contributed by atoms with E-state index in [2.05, 4.69) is 10.1 Å². The third kappa shape index (κ3) is 3.82. The minimum Gasteiger partial charge on any atom is -0.466 e. The number of nitrogens with one attached hydrogen (secondary N) is 1. The molecule has 0 atom stereocenters. The molecule has 0 aliphatic rings. The molecule has 6 nitrogen and oxygen atoms in total. The Bertz CT molecular complexity index is 777. The zero-order chi connectivity index (χ0) is 15.9. The van der Waals surface area contributed by atoms with Crippen LogP contribution >= 0.6 is 0 Å². The number of carbonyl (C=O) groups excluding carboxylic acids is 2. The highest BCUT2D eigenvalue weighted by Gasteiger charge is 2.06. The average Bonchev–Trinajstić information content (AvgIpc) is 2.54. The summed E-state index contributed by atoms with van der Waals surface area (Å²) >= 11 is 0. The summed E-state index contributed by atoms with van der Waals surface area (Å²) in [6.07, 6.45) is 4.30. The van der Waals surface area contributed by atoms with Gasteiger partial charge >= 0.3 is 5.97 Å². The van der Waals surface area contributed by atoms with Gasteiger partial charge in [-0.05, 0) is 17.5 Å². The zero-order valence-corrected chi connectivity index (χ0v) is 12.1. The fraction of sp³-hybridized carbons (Fsp3) is 0.188. The minimum absolute atomic E-state index is 0.0737. The van der Waals surface area contributed by atoms with Crippen LogP contribution in [0.2, 0.25) is 0 Å². The number of hydrogen-bond acceptors (Lipinski definition) is 4. The molecule has 22 heavy (non-hydrogen) atoms. The van der Waals surface area contributed by atoms with Crippen LogP contribution in [0.15, 0.2) is 53.5 Å². The standard InChI is InChI=1S/C16H16N2O4/c1-22-15(20)7-4-9-17-14(19)11-18-10-8-12-5-2-3-6-13(12)16(18)21/h2-8,10H,9,11H2,1H3,(H,17,19)/b7-4+.